The second-order valence-corrected chi connectivity index (χ2v) is 5.06. The zero-order chi connectivity index (χ0) is 13.1. The first-order valence-corrected chi connectivity index (χ1v) is 6.71. The van der Waals surface area contributed by atoms with E-state index in [1.54, 1.807) is 12.1 Å². The standard InChI is InChI=1S/C13H14BrNO3/c14-10-6-4-5-9-11(10)15(13(18)12(9)17)7-2-1-3-8-16/h4-6,16H,1-3,7-8H2. The highest BCUT2D eigenvalue weighted by atomic mass is 79.9. The van der Waals surface area contributed by atoms with Crippen molar-refractivity contribution in [1.29, 1.82) is 0 Å². The van der Waals surface area contributed by atoms with E-state index in [2.05, 4.69) is 15.9 Å². The summed E-state index contributed by atoms with van der Waals surface area (Å²) in [5.74, 6) is -0.894. The zero-order valence-corrected chi connectivity index (χ0v) is 11.4. The van der Waals surface area contributed by atoms with Crippen LogP contribution < -0.4 is 4.90 Å². The van der Waals surface area contributed by atoms with Crippen LogP contribution in [0, 0.1) is 0 Å². The molecule has 0 radical (unpaired) electrons. The summed E-state index contributed by atoms with van der Waals surface area (Å²) < 4.78 is 0.765. The quantitative estimate of drug-likeness (QED) is 0.669. The highest BCUT2D eigenvalue weighted by molar-refractivity contribution is 9.10. The summed E-state index contributed by atoms with van der Waals surface area (Å²) in [6, 6.07) is 5.25. The molecule has 18 heavy (non-hydrogen) atoms. The molecule has 0 atom stereocenters. The third-order valence-electron chi connectivity index (χ3n) is 2.98. The number of ketones is 1. The highest BCUT2D eigenvalue weighted by Crippen LogP contribution is 2.35. The second-order valence-electron chi connectivity index (χ2n) is 4.21. The third kappa shape index (κ3) is 2.33. The molecule has 1 aromatic carbocycles. The maximum absolute atomic E-state index is 11.9. The summed E-state index contributed by atoms with van der Waals surface area (Å²) in [4.78, 5) is 25.2. The van der Waals surface area contributed by atoms with E-state index in [4.69, 9.17) is 5.11 Å². The summed E-state index contributed by atoms with van der Waals surface area (Å²) >= 11 is 3.38. The van der Waals surface area contributed by atoms with Crippen molar-refractivity contribution in [3.8, 4) is 0 Å². The van der Waals surface area contributed by atoms with Crippen LogP contribution in [0.15, 0.2) is 22.7 Å². The number of benzene rings is 1. The van der Waals surface area contributed by atoms with Crippen molar-refractivity contribution in [3.05, 3.63) is 28.2 Å². The summed E-state index contributed by atoms with van der Waals surface area (Å²) in [6.45, 7) is 0.674. The van der Waals surface area contributed by atoms with Gasteiger partial charge in [0.15, 0.2) is 0 Å². The van der Waals surface area contributed by atoms with Gasteiger partial charge in [0, 0.05) is 17.6 Å². The number of hydrogen-bond donors (Lipinski definition) is 1. The van der Waals surface area contributed by atoms with Crippen LogP contribution in [-0.4, -0.2) is 29.9 Å². The Hall–Kier alpha value is -1.20. The van der Waals surface area contributed by atoms with Crippen molar-refractivity contribution in [1.82, 2.24) is 0 Å². The average Bonchev–Trinajstić information content (AvgIpc) is 2.61. The lowest BCUT2D eigenvalue weighted by atomic mass is 10.1. The Kier molecular flexibility index (Phi) is 4.14. The van der Waals surface area contributed by atoms with Gasteiger partial charge in [0.25, 0.3) is 11.7 Å². The summed E-state index contributed by atoms with van der Waals surface area (Å²) in [6.07, 6.45) is 2.34. The van der Waals surface area contributed by atoms with Gasteiger partial charge < -0.3 is 10.0 Å². The van der Waals surface area contributed by atoms with E-state index < -0.39 is 11.7 Å². The van der Waals surface area contributed by atoms with Gasteiger partial charge in [0.2, 0.25) is 0 Å². The zero-order valence-electron chi connectivity index (χ0n) is 9.86. The average molecular weight is 312 g/mol. The summed E-state index contributed by atoms with van der Waals surface area (Å²) in [5, 5.41) is 8.71. The number of hydrogen-bond acceptors (Lipinski definition) is 3. The molecule has 1 aromatic rings. The van der Waals surface area contributed by atoms with Gasteiger partial charge in [-0.25, -0.2) is 0 Å². The van der Waals surface area contributed by atoms with Crippen molar-refractivity contribution in [2.75, 3.05) is 18.1 Å². The maximum Gasteiger partial charge on any atom is 0.299 e. The number of carbonyl (C=O) groups is 2. The van der Waals surface area contributed by atoms with E-state index in [0.717, 1.165) is 23.7 Å². The number of amides is 1. The number of anilines is 1. The molecule has 0 aromatic heterocycles. The molecule has 1 amide bonds. The van der Waals surface area contributed by atoms with Gasteiger partial charge in [-0.2, -0.15) is 0 Å². The van der Waals surface area contributed by atoms with Crippen molar-refractivity contribution < 1.29 is 14.7 Å². The fourth-order valence-corrected chi connectivity index (χ4v) is 2.66. The molecule has 0 spiro atoms. The molecule has 1 aliphatic heterocycles. The Morgan fingerprint density at radius 3 is 2.67 bits per heavy atom. The lowest BCUT2D eigenvalue weighted by Crippen LogP contribution is -2.30. The van der Waals surface area contributed by atoms with E-state index in [-0.39, 0.29) is 6.61 Å². The van der Waals surface area contributed by atoms with Crippen molar-refractivity contribution in [2.24, 2.45) is 0 Å². The molecule has 0 bridgehead atoms. The number of fused-ring (bicyclic) bond motifs is 1. The number of halogens is 1. The Morgan fingerprint density at radius 2 is 1.94 bits per heavy atom. The van der Waals surface area contributed by atoms with E-state index >= 15 is 0 Å². The van der Waals surface area contributed by atoms with Gasteiger partial charge >= 0.3 is 0 Å². The SMILES string of the molecule is O=C1C(=O)N(CCCCCO)c2c(Br)cccc21. The molecule has 1 heterocycles. The molecule has 5 heteroatoms. The first-order chi connectivity index (χ1) is 8.66. The molecule has 0 fully saturated rings. The van der Waals surface area contributed by atoms with Crippen molar-refractivity contribution in [3.63, 3.8) is 0 Å². The largest absolute Gasteiger partial charge is 0.396 e. The summed E-state index contributed by atoms with van der Waals surface area (Å²) in [7, 11) is 0. The molecule has 0 aliphatic carbocycles. The normalized spacial score (nSPS) is 14.2. The van der Waals surface area contributed by atoms with Crippen molar-refractivity contribution in [2.45, 2.75) is 19.3 Å². The van der Waals surface area contributed by atoms with E-state index in [1.165, 1.54) is 4.90 Å². The van der Waals surface area contributed by atoms with Crippen LogP contribution in [0.3, 0.4) is 0 Å². The second kappa shape index (κ2) is 5.63. The van der Waals surface area contributed by atoms with E-state index in [1.807, 2.05) is 6.07 Å². The number of carbonyl (C=O) groups excluding carboxylic acids is 2. The molecule has 0 saturated heterocycles. The van der Waals surface area contributed by atoms with Gasteiger partial charge in [-0.3, -0.25) is 9.59 Å². The molecule has 1 N–H and O–H groups in total. The minimum Gasteiger partial charge on any atom is -0.396 e. The van der Waals surface area contributed by atoms with Crippen LogP contribution in [0.4, 0.5) is 5.69 Å². The molecular weight excluding hydrogens is 298 g/mol. The minimum absolute atomic E-state index is 0.160. The Morgan fingerprint density at radius 1 is 1.17 bits per heavy atom. The molecule has 4 nitrogen and oxygen atoms in total. The minimum atomic E-state index is -0.458. The number of aliphatic hydroxyl groups excluding tert-OH is 1. The number of aliphatic hydroxyl groups is 1. The van der Waals surface area contributed by atoms with E-state index in [0.29, 0.717) is 17.8 Å². The predicted octanol–water partition coefficient (Wildman–Crippen LogP) is 2.14. The number of Topliss-reactive ketones (excluding diaryl/α,β-unsaturated/α-hetero) is 1. The van der Waals surface area contributed by atoms with Crippen LogP contribution >= 0.6 is 15.9 Å². The lowest BCUT2D eigenvalue weighted by molar-refractivity contribution is -0.114. The number of nitrogens with zero attached hydrogens (tertiary/aromatic N) is 1. The van der Waals surface area contributed by atoms with Gasteiger partial charge in [-0.1, -0.05) is 6.07 Å². The molecular formula is C13H14BrNO3. The van der Waals surface area contributed by atoms with Gasteiger partial charge in [0.05, 0.1) is 11.3 Å². The Labute approximate surface area is 114 Å². The summed E-state index contributed by atoms with van der Waals surface area (Å²) in [5.41, 5.74) is 1.15. The van der Waals surface area contributed by atoms with Gasteiger partial charge in [-0.15, -0.1) is 0 Å². The monoisotopic (exact) mass is 311 g/mol. The molecule has 96 valence electrons. The van der Waals surface area contributed by atoms with Crippen LogP contribution in [-0.2, 0) is 4.79 Å². The molecule has 2 rings (SSSR count). The van der Waals surface area contributed by atoms with Crippen LogP contribution in [0.1, 0.15) is 29.6 Å². The van der Waals surface area contributed by atoms with Gasteiger partial charge in [0.1, 0.15) is 0 Å². The topological polar surface area (TPSA) is 57.6 Å². The fraction of sp³-hybridized carbons (Fsp3) is 0.385. The molecule has 0 saturated carbocycles. The highest BCUT2D eigenvalue weighted by Gasteiger charge is 2.36. The van der Waals surface area contributed by atoms with Crippen LogP contribution in [0.5, 0.6) is 0 Å². The lowest BCUT2D eigenvalue weighted by Gasteiger charge is -2.17. The predicted molar refractivity (Wildman–Crippen MR) is 71.8 cm³/mol. The molecule has 1 aliphatic rings. The maximum atomic E-state index is 11.9. The number of unbranched alkanes of at least 4 members (excludes halogenated alkanes) is 2. The van der Waals surface area contributed by atoms with E-state index in [9.17, 15) is 9.59 Å². The van der Waals surface area contributed by atoms with Crippen LogP contribution in [0.25, 0.3) is 0 Å². The Bertz CT molecular complexity index is 487. The first kappa shape index (κ1) is 13.2. The van der Waals surface area contributed by atoms with Crippen LogP contribution in [0.2, 0.25) is 0 Å². The first-order valence-electron chi connectivity index (χ1n) is 5.92. The van der Waals surface area contributed by atoms with Crippen molar-refractivity contribution >= 4 is 33.3 Å². The fourth-order valence-electron chi connectivity index (χ4n) is 2.08. The number of rotatable bonds is 5. The third-order valence-corrected chi connectivity index (χ3v) is 3.62. The van der Waals surface area contributed by atoms with Gasteiger partial charge in [-0.05, 0) is 47.3 Å². The number of para-hydroxylation sites is 1. The smallest absolute Gasteiger partial charge is 0.299 e. The molecule has 0 unspecified atom stereocenters. The Balaban J connectivity index is 2.17.